The van der Waals surface area contributed by atoms with Gasteiger partial charge in [-0.15, -0.1) is 0 Å². The zero-order valence-electron chi connectivity index (χ0n) is 14.6. The minimum Gasteiger partial charge on any atom is -0.355 e. The number of hydrogen-bond donors (Lipinski definition) is 0. The Morgan fingerprint density at radius 1 is 0.926 bits per heavy atom. The fraction of sp³-hybridized carbons (Fsp3) is 0.250. The molecule has 1 aromatic heterocycles. The molecular weight excluding hydrogens is 360 g/mol. The summed E-state index contributed by atoms with van der Waals surface area (Å²) in [5.74, 6) is 0.497. The summed E-state index contributed by atoms with van der Waals surface area (Å²) in [6, 6.07) is 17.3. The Kier molecular flexibility index (Phi) is 4.50. The van der Waals surface area contributed by atoms with Gasteiger partial charge in [-0.25, -0.2) is 18.4 Å². The molecule has 136 valence electrons. The second-order valence-corrected chi connectivity index (χ2v) is 8.52. The maximum absolute atomic E-state index is 13.2. The molecule has 1 aliphatic heterocycles. The largest absolute Gasteiger partial charge is 0.355 e. The van der Waals surface area contributed by atoms with Crippen LogP contribution in [0.15, 0.2) is 59.5 Å². The number of nitriles is 1. The Hall–Kier alpha value is -2.98. The summed E-state index contributed by atoms with van der Waals surface area (Å²) in [4.78, 5) is 11.4. The number of para-hydroxylation sites is 2. The third-order valence-electron chi connectivity index (χ3n) is 4.73. The monoisotopic (exact) mass is 378 g/mol. The van der Waals surface area contributed by atoms with E-state index in [0.717, 1.165) is 25.9 Å². The first kappa shape index (κ1) is 17.4. The predicted molar refractivity (Wildman–Crippen MR) is 103 cm³/mol. The Labute approximate surface area is 158 Å². The summed E-state index contributed by atoms with van der Waals surface area (Å²) in [7, 11) is -3.92. The Morgan fingerprint density at radius 3 is 2.15 bits per heavy atom. The van der Waals surface area contributed by atoms with Crippen LogP contribution in [-0.4, -0.2) is 31.5 Å². The van der Waals surface area contributed by atoms with Crippen LogP contribution < -0.4 is 4.90 Å². The van der Waals surface area contributed by atoms with Gasteiger partial charge in [-0.3, -0.25) is 0 Å². The third kappa shape index (κ3) is 3.13. The van der Waals surface area contributed by atoms with Crippen LogP contribution in [0, 0.1) is 11.3 Å². The zero-order valence-corrected chi connectivity index (χ0v) is 15.4. The molecule has 0 N–H and O–H groups in total. The third-order valence-corrected chi connectivity index (χ3v) is 6.61. The van der Waals surface area contributed by atoms with E-state index in [1.54, 1.807) is 24.3 Å². The Bertz CT molecular complexity index is 1120. The topological polar surface area (TPSA) is 86.9 Å². The highest BCUT2D eigenvalue weighted by Gasteiger charge is 2.35. The highest BCUT2D eigenvalue weighted by molar-refractivity contribution is 7.92. The van der Waals surface area contributed by atoms with Crippen LogP contribution >= 0.6 is 0 Å². The van der Waals surface area contributed by atoms with Crippen molar-refractivity contribution in [2.24, 2.45) is 0 Å². The van der Waals surface area contributed by atoms with Crippen molar-refractivity contribution in [2.75, 3.05) is 18.0 Å². The quantitative estimate of drug-likeness (QED) is 0.692. The lowest BCUT2D eigenvalue weighted by Gasteiger charge is -2.22. The number of hydrogen-bond acceptors (Lipinski definition) is 6. The van der Waals surface area contributed by atoms with E-state index in [4.69, 9.17) is 0 Å². The van der Waals surface area contributed by atoms with Crippen molar-refractivity contribution in [3.63, 3.8) is 0 Å². The van der Waals surface area contributed by atoms with Crippen LogP contribution in [0.3, 0.4) is 0 Å². The van der Waals surface area contributed by atoms with E-state index in [1.165, 1.54) is 12.1 Å². The van der Waals surface area contributed by atoms with Gasteiger partial charge in [0.05, 0.1) is 22.0 Å². The standard InChI is InChI=1S/C20H18N4O2S/c21-14-18(27(25,26)15-8-2-1-3-9-15)19-20(24-12-6-7-13-24)23-17-11-5-4-10-16(17)22-19/h1-5,8-11,18H,6-7,12-13H2/t18-/m0/s1. The SMILES string of the molecule is N#C[C@@H](c1nc2ccccc2nc1N1CCCC1)S(=O)(=O)c1ccccc1. The molecule has 1 atom stereocenters. The minimum atomic E-state index is -3.92. The number of nitrogens with zero attached hydrogens (tertiary/aromatic N) is 4. The summed E-state index contributed by atoms with van der Waals surface area (Å²) >= 11 is 0. The highest BCUT2D eigenvalue weighted by Crippen LogP contribution is 2.34. The van der Waals surface area contributed by atoms with Crippen molar-refractivity contribution in [3.8, 4) is 6.07 Å². The molecule has 1 saturated heterocycles. The summed E-state index contributed by atoms with van der Waals surface area (Å²) < 4.78 is 26.3. The van der Waals surface area contributed by atoms with Gasteiger partial charge in [-0.2, -0.15) is 5.26 Å². The molecule has 0 spiro atoms. The van der Waals surface area contributed by atoms with Crippen LogP contribution in [0.4, 0.5) is 5.82 Å². The molecule has 1 fully saturated rings. The van der Waals surface area contributed by atoms with Crippen LogP contribution in [0.1, 0.15) is 23.8 Å². The van der Waals surface area contributed by atoms with Crippen molar-refractivity contribution < 1.29 is 8.42 Å². The van der Waals surface area contributed by atoms with E-state index >= 15 is 0 Å². The van der Waals surface area contributed by atoms with Crippen molar-refractivity contribution in [1.29, 1.82) is 5.26 Å². The number of benzene rings is 2. The summed E-state index contributed by atoms with van der Waals surface area (Å²) in [5, 5.41) is 8.39. The fourth-order valence-electron chi connectivity index (χ4n) is 3.37. The molecular formula is C20H18N4O2S. The van der Waals surface area contributed by atoms with Gasteiger partial charge < -0.3 is 4.90 Å². The Morgan fingerprint density at radius 2 is 1.52 bits per heavy atom. The van der Waals surface area contributed by atoms with Gasteiger partial charge in [-0.05, 0) is 37.1 Å². The van der Waals surface area contributed by atoms with Crippen LogP contribution in [0.5, 0.6) is 0 Å². The van der Waals surface area contributed by atoms with Gasteiger partial charge in [0, 0.05) is 13.1 Å². The first-order chi connectivity index (χ1) is 13.1. The molecule has 27 heavy (non-hydrogen) atoms. The predicted octanol–water partition coefficient (Wildman–Crippen LogP) is 3.27. The lowest BCUT2D eigenvalue weighted by molar-refractivity contribution is 0.590. The van der Waals surface area contributed by atoms with Crippen LogP contribution in [0.2, 0.25) is 0 Å². The lowest BCUT2D eigenvalue weighted by atomic mass is 10.2. The number of sulfone groups is 1. The molecule has 3 aromatic rings. The minimum absolute atomic E-state index is 0.110. The zero-order chi connectivity index (χ0) is 18.9. The van der Waals surface area contributed by atoms with Crippen molar-refractivity contribution in [3.05, 3.63) is 60.3 Å². The molecule has 0 radical (unpaired) electrons. The van der Waals surface area contributed by atoms with Gasteiger partial charge in [-0.1, -0.05) is 30.3 Å². The first-order valence-electron chi connectivity index (χ1n) is 8.81. The van der Waals surface area contributed by atoms with E-state index in [1.807, 2.05) is 29.2 Å². The van der Waals surface area contributed by atoms with Crippen LogP contribution in [0.25, 0.3) is 11.0 Å². The second-order valence-electron chi connectivity index (χ2n) is 6.48. The molecule has 6 nitrogen and oxygen atoms in total. The number of anilines is 1. The summed E-state index contributed by atoms with van der Waals surface area (Å²) in [6.45, 7) is 1.56. The van der Waals surface area contributed by atoms with Gasteiger partial charge in [0.25, 0.3) is 0 Å². The average Bonchev–Trinajstić information content (AvgIpc) is 3.23. The normalized spacial score (nSPS) is 15.6. The van der Waals surface area contributed by atoms with Crippen molar-refractivity contribution in [2.45, 2.75) is 23.0 Å². The maximum atomic E-state index is 13.2. The molecule has 7 heteroatoms. The molecule has 0 unspecified atom stereocenters. The molecule has 0 amide bonds. The Balaban J connectivity index is 1.92. The number of fused-ring (bicyclic) bond motifs is 1. The van der Waals surface area contributed by atoms with E-state index in [2.05, 4.69) is 9.97 Å². The van der Waals surface area contributed by atoms with Gasteiger partial charge in [0.15, 0.2) is 11.1 Å². The average molecular weight is 378 g/mol. The molecule has 2 heterocycles. The van der Waals surface area contributed by atoms with Crippen molar-refractivity contribution >= 4 is 26.7 Å². The lowest BCUT2D eigenvalue weighted by Crippen LogP contribution is -2.24. The maximum Gasteiger partial charge on any atom is 0.200 e. The van der Waals surface area contributed by atoms with E-state index in [-0.39, 0.29) is 10.6 Å². The van der Waals surface area contributed by atoms with Crippen LogP contribution in [-0.2, 0) is 9.84 Å². The molecule has 0 aliphatic carbocycles. The first-order valence-corrected chi connectivity index (χ1v) is 10.4. The number of rotatable bonds is 4. The number of aromatic nitrogens is 2. The molecule has 0 bridgehead atoms. The molecule has 4 rings (SSSR count). The van der Waals surface area contributed by atoms with Crippen molar-refractivity contribution in [1.82, 2.24) is 9.97 Å². The highest BCUT2D eigenvalue weighted by atomic mass is 32.2. The van der Waals surface area contributed by atoms with E-state index in [0.29, 0.717) is 16.9 Å². The molecule has 1 aliphatic rings. The molecule has 2 aromatic carbocycles. The summed E-state index contributed by atoms with van der Waals surface area (Å²) in [6.07, 6.45) is 2.02. The van der Waals surface area contributed by atoms with Gasteiger partial charge in [0.2, 0.25) is 9.84 Å². The molecule has 0 saturated carbocycles. The smallest absolute Gasteiger partial charge is 0.200 e. The fourth-order valence-corrected chi connectivity index (χ4v) is 4.77. The second kappa shape index (κ2) is 6.97. The van der Waals surface area contributed by atoms with Gasteiger partial charge >= 0.3 is 0 Å². The van der Waals surface area contributed by atoms with Gasteiger partial charge in [0.1, 0.15) is 5.69 Å². The summed E-state index contributed by atoms with van der Waals surface area (Å²) in [5.41, 5.74) is 1.48. The van der Waals surface area contributed by atoms with E-state index < -0.39 is 15.1 Å². The van der Waals surface area contributed by atoms with E-state index in [9.17, 15) is 13.7 Å².